The number of benzene rings is 1. The van der Waals surface area contributed by atoms with Crippen LogP contribution < -0.4 is 14.8 Å². The first-order valence-corrected chi connectivity index (χ1v) is 10.6. The van der Waals surface area contributed by atoms with Gasteiger partial charge < -0.3 is 33.9 Å². The van der Waals surface area contributed by atoms with Crippen LogP contribution in [0.3, 0.4) is 0 Å². The minimum absolute atomic E-state index is 0.0305. The summed E-state index contributed by atoms with van der Waals surface area (Å²) >= 11 is 0. The summed E-state index contributed by atoms with van der Waals surface area (Å²) in [7, 11) is 6.62. The average molecular weight is 445 g/mol. The van der Waals surface area contributed by atoms with Crippen LogP contribution in [0.5, 0.6) is 11.5 Å². The number of carbonyl (C=O) groups excluding carboxylic acids is 2. The molecule has 32 heavy (non-hydrogen) atoms. The highest BCUT2D eigenvalue weighted by atomic mass is 16.5. The van der Waals surface area contributed by atoms with Gasteiger partial charge in [-0.25, -0.2) is 4.79 Å². The Labute approximate surface area is 188 Å². The summed E-state index contributed by atoms with van der Waals surface area (Å²) in [5, 5.41) is 2.84. The van der Waals surface area contributed by atoms with E-state index in [1.54, 1.807) is 39.5 Å². The lowest BCUT2D eigenvalue weighted by Crippen LogP contribution is -2.46. The Balaban J connectivity index is 1.71. The summed E-state index contributed by atoms with van der Waals surface area (Å²) in [6.45, 7) is 1.11. The number of aromatic nitrogens is 1. The molecule has 3 amide bonds. The third-order valence-electron chi connectivity index (χ3n) is 5.47. The first-order valence-electron chi connectivity index (χ1n) is 10.6. The van der Waals surface area contributed by atoms with Gasteiger partial charge in [-0.3, -0.25) is 4.79 Å². The lowest BCUT2D eigenvalue weighted by Gasteiger charge is -2.28. The van der Waals surface area contributed by atoms with E-state index in [1.165, 1.54) is 4.90 Å². The Morgan fingerprint density at radius 1 is 1.12 bits per heavy atom. The van der Waals surface area contributed by atoms with Crippen LogP contribution in [-0.4, -0.2) is 73.4 Å². The summed E-state index contributed by atoms with van der Waals surface area (Å²) in [6.07, 6.45) is 3.94. The van der Waals surface area contributed by atoms with E-state index in [0.29, 0.717) is 30.3 Å². The molecule has 1 aromatic heterocycles. The number of nitrogens with zero attached hydrogens (tertiary/aromatic N) is 3. The minimum atomic E-state index is -0.389. The second-order valence-electron chi connectivity index (χ2n) is 7.81. The van der Waals surface area contributed by atoms with E-state index >= 15 is 0 Å². The van der Waals surface area contributed by atoms with Crippen molar-refractivity contribution >= 4 is 17.6 Å². The summed E-state index contributed by atoms with van der Waals surface area (Å²) in [5.41, 5.74) is 1.57. The molecular weight excluding hydrogens is 412 g/mol. The SMILES string of the molecule is COCCN(CC(=O)N(Cc1cccn1C)C1CC1)C(=O)Nc1cc(OC)cc(OC)c1. The van der Waals surface area contributed by atoms with E-state index in [0.717, 1.165) is 18.5 Å². The number of ether oxygens (including phenoxy) is 3. The van der Waals surface area contributed by atoms with Crippen molar-refractivity contribution in [2.45, 2.75) is 25.4 Å². The fraction of sp³-hybridized carbons (Fsp3) is 0.478. The molecule has 9 heteroatoms. The van der Waals surface area contributed by atoms with Crippen LogP contribution in [-0.2, 0) is 23.1 Å². The van der Waals surface area contributed by atoms with Crippen molar-refractivity contribution in [1.29, 1.82) is 0 Å². The average Bonchev–Trinajstić information content (AvgIpc) is 3.55. The predicted molar refractivity (Wildman–Crippen MR) is 121 cm³/mol. The molecule has 1 aliphatic rings. The third-order valence-corrected chi connectivity index (χ3v) is 5.47. The molecule has 9 nitrogen and oxygen atoms in total. The first kappa shape index (κ1) is 23.5. The van der Waals surface area contributed by atoms with Crippen LogP contribution >= 0.6 is 0 Å². The van der Waals surface area contributed by atoms with Gasteiger partial charge in [-0.05, 0) is 25.0 Å². The van der Waals surface area contributed by atoms with Crippen LogP contribution in [0.2, 0.25) is 0 Å². The summed E-state index contributed by atoms with van der Waals surface area (Å²) in [4.78, 5) is 29.6. The summed E-state index contributed by atoms with van der Waals surface area (Å²) in [6, 6.07) is 8.93. The second-order valence-corrected chi connectivity index (χ2v) is 7.81. The van der Waals surface area contributed by atoms with Gasteiger partial charge in [0, 0.05) is 62.5 Å². The number of hydrogen-bond acceptors (Lipinski definition) is 5. The molecule has 1 N–H and O–H groups in total. The number of urea groups is 1. The van der Waals surface area contributed by atoms with Gasteiger partial charge in [0.2, 0.25) is 5.91 Å². The van der Waals surface area contributed by atoms with Crippen molar-refractivity contribution in [1.82, 2.24) is 14.4 Å². The molecule has 0 bridgehead atoms. The van der Waals surface area contributed by atoms with Crippen molar-refractivity contribution in [3.05, 3.63) is 42.2 Å². The van der Waals surface area contributed by atoms with E-state index in [1.807, 2.05) is 34.8 Å². The number of aryl methyl sites for hydroxylation is 1. The van der Waals surface area contributed by atoms with E-state index in [-0.39, 0.29) is 31.1 Å². The molecular formula is C23H32N4O5. The molecule has 1 heterocycles. The molecule has 1 aliphatic carbocycles. The molecule has 0 radical (unpaired) electrons. The molecule has 1 saturated carbocycles. The number of hydrogen-bond donors (Lipinski definition) is 1. The highest BCUT2D eigenvalue weighted by Gasteiger charge is 2.34. The van der Waals surface area contributed by atoms with Gasteiger partial charge in [0.05, 0.1) is 27.4 Å². The molecule has 174 valence electrons. The maximum atomic E-state index is 13.2. The van der Waals surface area contributed by atoms with Crippen LogP contribution in [0.25, 0.3) is 0 Å². The van der Waals surface area contributed by atoms with Crippen LogP contribution in [0.4, 0.5) is 10.5 Å². The molecule has 0 atom stereocenters. The lowest BCUT2D eigenvalue weighted by molar-refractivity contribution is -0.133. The Hall–Kier alpha value is -3.20. The molecule has 0 unspecified atom stereocenters. The normalized spacial score (nSPS) is 12.9. The Kier molecular flexibility index (Phi) is 7.99. The number of rotatable bonds is 11. The molecule has 2 aromatic rings. The second kappa shape index (κ2) is 10.9. The van der Waals surface area contributed by atoms with E-state index in [4.69, 9.17) is 14.2 Å². The zero-order valence-corrected chi connectivity index (χ0v) is 19.2. The standard InChI is InChI=1S/C23H32N4O5/c1-25-9-5-6-19(25)15-27(18-7-8-18)22(28)16-26(10-11-30-2)23(29)24-17-12-20(31-3)14-21(13-17)32-4/h5-6,9,12-14,18H,7-8,10-11,15-16H2,1-4H3,(H,24,29). The van der Waals surface area contributed by atoms with E-state index in [9.17, 15) is 9.59 Å². The zero-order valence-electron chi connectivity index (χ0n) is 19.2. The fourth-order valence-electron chi connectivity index (χ4n) is 3.43. The number of amides is 3. The molecule has 3 rings (SSSR count). The quantitative estimate of drug-likeness (QED) is 0.576. The first-order chi connectivity index (χ1) is 15.4. The maximum Gasteiger partial charge on any atom is 0.322 e. The maximum absolute atomic E-state index is 13.2. The number of nitrogens with one attached hydrogen (secondary N) is 1. The highest BCUT2D eigenvalue weighted by Crippen LogP contribution is 2.29. The van der Waals surface area contributed by atoms with Gasteiger partial charge in [0.1, 0.15) is 18.0 Å². The van der Waals surface area contributed by atoms with Gasteiger partial charge >= 0.3 is 6.03 Å². The number of carbonyl (C=O) groups is 2. The molecule has 1 aromatic carbocycles. The van der Waals surface area contributed by atoms with Gasteiger partial charge in [0.25, 0.3) is 0 Å². The van der Waals surface area contributed by atoms with E-state index < -0.39 is 0 Å². The Morgan fingerprint density at radius 3 is 2.34 bits per heavy atom. The van der Waals surface area contributed by atoms with Gasteiger partial charge in [-0.2, -0.15) is 0 Å². The van der Waals surface area contributed by atoms with Gasteiger partial charge in [0.15, 0.2) is 0 Å². The summed E-state index contributed by atoms with van der Waals surface area (Å²) < 4.78 is 17.7. The van der Waals surface area contributed by atoms with Gasteiger partial charge in [-0.15, -0.1) is 0 Å². The van der Waals surface area contributed by atoms with Crippen molar-refractivity contribution in [2.75, 3.05) is 46.3 Å². The van der Waals surface area contributed by atoms with Crippen LogP contribution in [0.15, 0.2) is 36.5 Å². The number of methoxy groups -OCH3 is 3. The van der Waals surface area contributed by atoms with Gasteiger partial charge in [-0.1, -0.05) is 0 Å². The van der Waals surface area contributed by atoms with Crippen molar-refractivity contribution < 1.29 is 23.8 Å². The number of anilines is 1. The Bertz CT molecular complexity index is 903. The van der Waals surface area contributed by atoms with Crippen LogP contribution in [0.1, 0.15) is 18.5 Å². The largest absolute Gasteiger partial charge is 0.497 e. The fourth-order valence-corrected chi connectivity index (χ4v) is 3.43. The Morgan fingerprint density at radius 2 is 1.81 bits per heavy atom. The molecule has 1 fully saturated rings. The lowest BCUT2D eigenvalue weighted by atomic mass is 10.2. The predicted octanol–water partition coefficient (Wildman–Crippen LogP) is 2.71. The molecule has 0 saturated heterocycles. The molecule has 0 spiro atoms. The van der Waals surface area contributed by atoms with Crippen LogP contribution in [0, 0.1) is 0 Å². The smallest absolute Gasteiger partial charge is 0.322 e. The summed E-state index contributed by atoms with van der Waals surface area (Å²) in [5.74, 6) is 1.03. The van der Waals surface area contributed by atoms with Crippen molar-refractivity contribution in [2.24, 2.45) is 7.05 Å². The monoisotopic (exact) mass is 444 g/mol. The molecule has 0 aliphatic heterocycles. The highest BCUT2D eigenvalue weighted by molar-refractivity contribution is 5.92. The topological polar surface area (TPSA) is 85.3 Å². The van der Waals surface area contributed by atoms with Crippen molar-refractivity contribution in [3.63, 3.8) is 0 Å². The van der Waals surface area contributed by atoms with Crippen molar-refractivity contribution in [3.8, 4) is 11.5 Å². The minimum Gasteiger partial charge on any atom is -0.497 e. The third kappa shape index (κ3) is 6.16. The zero-order chi connectivity index (χ0) is 23.1. The van der Waals surface area contributed by atoms with E-state index in [2.05, 4.69) is 5.32 Å².